The summed E-state index contributed by atoms with van der Waals surface area (Å²) in [5.41, 5.74) is 1.64. The number of esters is 1. The van der Waals surface area contributed by atoms with Crippen molar-refractivity contribution < 1.29 is 23.8 Å². The Morgan fingerprint density at radius 2 is 1.93 bits per heavy atom. The second kappa shape index (κ2) is 8.50. The number of rotatable bonds is 6. The minimum Gasteiger partial charge on any atom is -0.426 e. The van der Waals surface area contributed by atoms with Crippen LogP contribution in [0.5, 0.6) is 5.75 Å². The Labute approximate surface area is 164 Å². The lowest BCUT2D eigenvalue weighted by Crippen LogP contribution is -2.29. The fourth-order valence-electron chi connectivity index (χ4n) is 2.92. The zero-order chi connectivity index (χ0) is 20.1. The van der Waals surface area contributed by atoms with E-state index in [0.717, 1.165) is 0 Å². The number of benzene rings is 1. The molecule has 28 heavy (non-hydrogen) atoms. The fraction of sp³-hybridized carbons (Fsp3) is 0.381. The van der Waals surface area contributed by atoms with Crippen LogP contribution in [0.2, 0.25) is 0 Å². The Morgan fingerprint density at radius 3 is 2.57 bits per heavy atom. The van der Waals surface area contributed by atoms with Crippen molar-refractivity contribution in [2.75, 3.05) is 13.2 Å². The van der Waals surface area contributed by atoms with Gasteiger partial charge in [0.25, 0.3) is 5.91 Å². The summed E-state index contributed by atoms with van der Waals surface area (Å²) < 4.78 is 17.1. The number of amides is 1. The molecule has 1 aliphatic heterocycles. The monoisotopic (exact) mass is 384 g/mol. The van der Waals surface area contributed by atoms with Gasteiger partial charge in [-0.05, 0) is 25.1 Å². The molecular formula is C21H24N2O5. The molecule has 1 aliphatic rings. The third-order valence-electron chi connectivity index (χ3n) is 4.47. The first kappa shape index (κ1) is 20.0. The summed E-state index contributed by atoms with van der Waals surface area (Å²) in [4.78, 5) is 28.6. The van der Waals surface area contributed by atoms with E-state index in [1.165, 1.54) is 0 Å². The largest absolute Gasteiger partial charge is 0.426 e. The standard InChI is InChI=1S/C21H24N2O5/c1-14(2)20(25)28-18-9-6-7-16(21(3)26-11-12-27-21)15(18)13-23-19(24)17-8-4-5-10-22-17/h4-10,14H,11-13H2,1-3H3,(H,23,24). The normalized spacial score (nSPS) is 15.4. The molecule has 1 fully saturated rings. The fourth-order valence-corrected chi connectivity index (χ4v) is 2.92. The van der Waals surface area contributed by atoms with E-state index in [9.17, 15) is 9.59 Å². The second-order valence-electron chi connectivity index (χ2n) is 6.90. The Morgan fingerprint density at radius 1 is 1.18 bits per heavy atom. The highest BCUT2D eigenvalue weighted by Gasteiger charge is 2.36. The first-order valence-corrected chi connectivity index (χ1v) is 9.22. The molecule has 0 bridgehead atoms. The van der Waals surface area contributed by atoms with Crippen LogP contribution in [0.3, 0.4) is 0 Å². The molecule has 1 aromatic carbocycles. The number of nitrogens with zero attached hydrogens (tertiary/aromatic N) is 1. The van der Waals surface area contributed by atoms with Crippen LogP contribution in [0, 0.1) is 5.92 Å². The number of carbonyl (C=O) groups is 2. The van der Waals surface area contributed by atoms with Crippen molar-refractivity contribution in [1.82, 2.24) is 10.3 Å². The van der Waals surface area contributed by atoms with E-state index in [-0.39, 0.29) is 24.3 Å². The van der Waals surface area contributed by atoms with Crippen LogP contribution >= 0.6 is 0 Å². The molecule has 0 radical (unpaired) electrons. The van der Waals surface area contributed by atoms with Gasteiger partial charge in [0.05, 0.1) is 19.1 Å². The average molecular weight is 384 g/mol. The summed E-state index contributed by atoms with van der Waals surface area (Å²) in [7, 11) is 0. The number of hydrogen-bond acceptors (Lipinski definition) is 6. The first-order valence-electron chi connectivity index (χ1n) is 9.22. The van der Waals surface area contributed by atoms with Crippen LogP contribution in [0.25, 0.3) is 0 Å². The maximum absolute atomic E-state index is 12.4. The number of nitrogens with one attached hydrogen (secondary N) is 1. The van der Waals surface area contributed by atoms with Crippen LogP contribution in [0.1, 0.15) is 42.4 Å². The van der Waals surface area contributed by atoms with Crippen molar-refractivity contribution in [3.05, 3.63) is 59.4 Å². The predicted molar refractivity (Wildman–Crippen MR) is 102 cm³/mol. The second-order valence-corrected chi connectivity index (χ2v) is 6.90. The van der Waals surface area contributed by atoms with Gasteiger partial charge in [-0.2, -0.15) is 0 Å². The number of carbonyl (C=O) groups excluding carboxylic acids is 2. The summed E-state index contributed by atoms with van der Waals surface area (Å²) in [5, 5.41) is 2.84. The van der Waals surface area contributed by atoms with Crippen molar-refractivity contribution in [2.45, 2.75) is 33.1 Å². The van der Waals surface area contributed by atoms with E-state index in [4.69, 9.17) is 14.2 Å². The molecule has 2 aromatic rings. The number of ether oxygens (including phenoxy) is 3. The van der Waals surface area contributed by atoms with Gasteiger partial charge >= 0.3 is 5.97 Å². The molecule has 0 spiro atoms. The number of hydrogen-bond donors (Lipinski definition) is 1. The number of pyridine rings is 1. The van der Waals surface area contributed by atoms with Crippen molar-refractivity contribution >= 4 is 11.9 Å². The molecular weight excluding hydrogens is 360 g/mol. The van der Waals surface area contributed by atoms with E-state index in [2.05, 4.69) is 10.3 Å². The van der Waals surface area contributed by atoms with Crippen LogP contribution < -0.4 is 10.1 Å². The van der Waals surface area contributed by atoms with Crippen molar-refractivity contribution in [3.63, 3.8) is 0 Å². The van der Waals surface area contributed by atoms with Gasteiger partial charge in [0.15, 0.2) is 5.79 Å². The van der Waals surface area contributed by atoms with Gasteiger partial charge in [-0.25, -0.2) is 0 Å². The number of aromatic nitrogens is 1. The summed E-state index contributed by atoms with van der Waals surface area (Å²) in [6.07, 6.45) is 1.56. The summed E-state index contributed by atoms with van der Waals surface area (Å²) in [5.74, 6) is -1.56. The summed E-state index contributed by atoms with van der Waals surface area (Å²) >= 11 is 0. The molecule has 0 atom stereocenters. The maximum atomic E-state index is 12.4. The zero-order valence-electron chi connectivity index (χ0n) is 16.2. The van der Waals surface area contributed by atoms with Gasteiger partial charge < -0.3 is 19.5 Å². The van der Waals surface area contributed by atoms with Crippen molar-refractivity contribution in [1.29, 1.82) is 0 Å². The molecule has 7 nitrogen and oxygen atoms in total. The van der Waals surface area contributed by atoms with Crippen LogP contribution in [0.15, 0.2) is 42.6 Å². The van der Waals surface area contributed by atoms with Crippen LogP contribution in [-0.4, -0.2) is 30.1 Å². The summed E-state index contributed by atoms with van der Waals surface area (Å²) in [6, 6.07) is 10.4. The van der Waals surface area contributed by atoms with Crippen LogP contribution in [-0.2, 0) is 26.6 Å². The summed E-state index contributed by atoms with van der Waals surface area (Å²) in [6.45, 7) is 6.40. The van der Waals surface area contributed by atoms with E-state index < -0.39 is 5.79 Å². The molecule has 3 rings (SSSR count). The van der Waals surface area contributed by atoms with E-state index in [0.29, 0.717) is 35.8 Å². The van der Waals surface area contributed by atoms with E-state index in [1.54, 1.807) is 50.4 Å². The van der Waals surface area contributed by atoms with E-state index in [1.807, 2.05) is 13.0 Å². The molecule has 0 aliphatic carbocycles. The maximum Gasteiger partial charge on any atom is 0.313 e. The molecule has 1 aromatic heterocycles. The quantitative estimate of drug-likeness (QED) is 0.609. The minimum absolute atomic E-state index is 0.134. The van der Waals surface area contributed by atoms with Gasteiger partial charge in [0.2, 0.25) is 0 Å². The minimum atomic E-state index is -0.967. The van der Waals surface area contributed by atoms with Crippen molar-refractivity contribution in [3.8, 4) is 5.75 Å². The Bertz CT molecular complexity index is 845. The Balaban J connectivity index is 1.91. The molecule has 0 saturated carbocycles. The third-order valence-corrected chi connectivity index (χ3v) is 4.47. The molecule has 7 heteroatoms. The average Bonchev–Trinajstić information content (AvgIpc) is 3.14. The lowest BCUT2D eigenvalue weighted by Gasteiger charge is -2.27. The van der Waals surface area contributed by atoms with Gasteiger partial charge in [-0.1, -0.05) is 32.0 Å². The topological polar surface area (TPSA) is 86.8 Å². The van der Waals surface area contributed by atoms with Gasteiger partial charge in [0.1, 0.15) is 11.4 Å². The van der Waals surface area contributed by atoms with E-state index >= 15 is 0 Å². The molecule has 148 valence electrons. The Hall–Kier alpha value is -2.77. The van der Waals surface area contributed by atoms with Crippen LogP contribution in [0.4, 0.5) is 0 Å². The molecule has 1 N–H and O–H groups in total. The van der Waals surface area contributed by atoms with Gasteiger partial charge in [0, 0.05) is 23.9 Å². The van der Waals surface area contributed by atoms with Gasteiger partial charge in [-0.15, -0.1) is 0 Å². The SMILES string of the molecule is CC(C)C(=O)Oc1cccc(C2(C)OCCO2)c1CNC(=O)c1ccccn1. The lowest BCUT2D eigenvalue weighted by atomic mass is 9.99. The molecule has 1 saturated heterocycles. The highest BCUT2D eigenvalue weighted by Crippen LogP contribution is 2.37. The molecule has 0 unspecified atom stereocenters. The zero-order valence-corrected chi connectivity index (χ0v) is 16.2. The first-order chi connectivity index (χ1) is 13.4. The Kier molecular flexibility index (Phi) is 6.06. The lowest BCUT2D eigenvalue weighted by molar-refractivity contribution is -0.150. The molecule has 1 amide bonds. The van der Waals surface area contributed by atoms with Gasteiger partial charge in [-0.3, -0.25) is 14.6 Å². The highest BCUT2D eigenvalue weighted by atomic mass is 16.7. The van der Waals surface area contributed by atoms with Crippen molar-refractivity contribution in [2.24, 2.45) is 5.92 Å². The molecule has 2 heterocycles. The smallest absolute Gasteiger partial charge is 0.313 e. The predicted octanol–water partition coefficient (Wildman–Crippen LogP) is 2.79. The third kappa shape index (κ3) is 4.37. The highest BCUT2D eigenvalue weighted by molar-refractivity contribution is 5.92.